The molecule has 2 aliphatic rings. The van der Waals surface area contributed by atoms with E-state index in [1.54, 1.807) is 0 Å². The van der Waals surface area contributed by atoms with Gasteiger partial charge >= 0.3 is 0 Å². The molecule has 1 aromatic rings. The first-order valence-electron chi connectivity index (χ1n) is 8.20. The van der Waals surface area contributed by atoms with Crippen molar-refractivity contribution in [2.45, 2.75) is 32.0 Å². The number of halogens is 1. The summed E-state index contributed by atoms with van der Waals surface area (Å²) in [7, 11) is 0. The summed E-state index contributed by atoms with van der Waals surface area (Å²) >= 11 is 0. The molecule has 2 saturated heterocycles. The third-order valence-electron chi connectivity index (χ3n) is 4.06. The van der Waals surface area contributed by atoms with Crippen molar-refractivity contribution in [3.8, 4) is 5.75 Å². The smallest absolute Gasteiger partial charge is 0.254 e. The van der Waals surface area contributed by atoms with E-state index in [1.807, 2.05) is 25.1 Å². The molecule has 1 aromatic carbocycles. The summed E-state index contributed by atoms with van der Waals surface area (Å²) in [6.45, 7) is 5.17. The maximum atomic E-state index is 12.3. The molecule has 2 unspecified atom stereocenters. The predicted octanol–water partition coefficient (Wildman–Crippen LogP) is 1.90. The quantitative estimate of drug-likeness (QED) is 0.843. The average molecular weight is 357 g/mol. The van der Waals surface area contributed by atoms with Gasteiger partial charge in [0.15, 0.2) is 0 Å². The lowest BCUT2D eigenvalue weighted by atomic mass is 10.2. The first-order valence-corrected chi connectivity index (χ1v) is 8.20. The van der Waals surface area contributed by atoms with Crippen LogP contribution < -0.4 is 15.4 Å². The number of hydrogen-bond donors (Lipinski definition) is 2. The number of anilines is 1. The zero-order chi connectivity index (χ0) is 16.1. The number of hydrogen-bond acceptors (Lipinski definition) is 5. The molecule has 0 aliphatic carbocycles. The molecule has 2 atom stereocenters. The number of aryl methyl sites for hydroxylation is 1. The molecule has 24 heavy (non-hydrogen) atoms. The fourth-order valence-corrected chi connectivity index (χ4v) is 2.76. The highest BCUT2D eigenvalue weighted by Crippen LogP contribution is 2.27. The predicted molar refractivity (Wildman–Crippen MR) is 94.1 cm³/mol. The van der Waals surface area contributed by atoms with E-state index in [1.165, 1.54) is 0 Å². The standard InChI is InChI=1S/C17H24N2O4.ClH/c1-12-4-5-14(19-17(20)16-10-18-6-8-22-16)15(9-12)23-11-13-3-2-7-21-13;/h4-5,9,13,16,18H,2-3,6-8,10-11H2,1H3,(H,19,20);1H. The molecular formula is C17H25ClN2O4. The van der Waals surface area contributed by atoms with Gasteiger partial charge in [-0.3, -0.25) is 4.79 Å². The van der Waals surface area contributed by atoms with Crippen molar-refractivity contribution in [1.29, 1.82) is 0 Å². The molecule has 2 N–H and O–H groups in total. The highest BCUT2D eigenvalue weighted by Gasteiger charge is 2.23. The van der Waals surface area contributed by atoms with Gasteiger partial charge in [0, 0.05) is 19.7 Å². The normalized spacial score (nSPS) is 23.4. The number of rotatable bonds is 5. The molecule has 1 amide bonds. The largest absolute Gasteiger partial charge is 0.489 e. The molecule has 0 aromatic heterocycles. The van der Waals surface area contributed by atoms with E-state index in [4.69, 9.17) is 14.2 Å². The molecule has 0 radical (unpaired) electrons. The van der Waals surface area contributed by atoms with Crippen LogP contribution in [-0.2, 0) is 14.3 Å². The molecular weight excluding hydrogens is 332 g/mol. The second-order valence-corrected chi connectivity index (χ2v) is 6.00. The summed E-state index contributed by atoms with van der Waals surface area (Å²) < 4.78 is 17.0. The van der Waals surface area contributed by atoms with Crippen LogP contribution in [0.15, 0.2) is 18.2 Å². The van der Waals surface area contributed by atoms with Gasteiger partial charge in [-0.1, -0.05) is 6.07 Å². The Bertz CT molecular complexity index is 543. The summed E-state index contributed by atoms with van der Waals surface area (Å²) in [6, 6.07) is 5.76. The lowest BCUT2D eigenvalue weighted by molar-refractivity contribution is -0.128. The van der Waals surface area contributed by atoms with E-state index < -0.39 is 6.10 Å². The Kier molecular flexibility index (Phi) is 7.30. The lowest BCUT2D eigenvalue weighted by Crippen LogP contribution is -2.45. The molecule has 7 heteroatoms. The first-order chi connectivity index (χ1) is 11.2. The van der Waals surface area contributed by atoms with Gasteiger partial charge in [-0.15, -0.1) is 12.4 Å². The van der Waals surface area contributed by atoms with E-state index >= 15 is 0 Å². The van der Waals surface area contributed by atoms with Crippen LogP contribution in [0.2, 0.25) is 0 Å². The number of carbonyl (C=O) groups excluding carboxylic acids is 1. The van der Waals surface area contributed by atoms with Crippen LogP contribution in [0, 0.1) is 6.92 Å². The van der Waals surface area contributed by atoms with Gasteiger partial charge in [0.2, 0.25) is 0 Å². The molecule has 3 rings (SSSR count). The Labute approximate surface area is 148 Å². The molecule has 2 aliphatic heterocycles. The molecule has 6 nitrogen and oxygen atoms in total. The number of benzene rings is 1. The first kappa shape index (κ1) is 19.0. The van der Waals surface area contributed by atoms with Gasteiger partial charge in [0.05, 0.1) is 18.4 Å². The van der Waals surface area contributed by atoms with Crippen LogP contribution in [-0.4, -0.2) is 51.0 Å². The lowest BCUT2D eigenvalue weighted by Gasteiger charge is -2.23. The maximum absolute atomic E-state index is 12.3. The minimum atomic E-state index is -0.462. The van der Waals surface area contributed by atoms with Gasteiger partial charge in [-0.25, -0.2) is 0 Å². The second-order valence-electron chi connectivity index (χ2n) is 6.00. The van der Waals surface area contributed by atoms with E-state index in [0.29, 0.717) is 31.2 Å². The summed E-state index contributed by atoms with van der Waals surface area (Å²) in [5, 5.41) is 6.07. The number of nitrogens with one attached hydrogen (secondary N) is 2. The van der Waals surface area contributed by atoms with Crippen LogP contribution in [0.25, 0.3) is 0 Å². The van der Waals surface area contributed by atoms with Crippen molar-refractivity contribution in [3.05, 3.63) is 23.8 Å². The van der Waals surface area contributed by atoms with Crippen LogP contribution in [0.5, 0.6) is 5.75 Å². The number of ether oxygens (including phenoxy) is 3. The third-order valence-corrected chi connectivity index (χ3v) is 4.06. The number of carbonyl (C=O) groups is 1. The maximum Gasteiger partial charge on any atom is 0.254 e. The van der Waals surface area contributed by atoms with Crippen molar-refractivity contribution in [2.24, 2.45) is 0 Å². The summed E-state index contributed by atoms with van der Waals surface area (Å²) in [4.78, 5) is 12.3. The van der Waals surface area contributed by atoms with Gasteiger partial charge in [0.1, 0.15) is 18.5 Å². The number of amides is 1. The summed E-state index contributed by atoms with van der Waals surface area (Å²) in [6.07, 6.45) is 1.79. The Balaban J connectivity index is 0.00000208. The Morgan fingerprint density at radius 1 is 1.38 bits per heavy atom. The van der Waals surface area contributed by atoms with Crippen molar-refractivity contribution in [3.63, 3.8) is 0 Å². The van der Waals surface area contributed by atoms with E-state index in [9.17, 15) is 4.79 Å². The molecule has 0 saturated carbocycles. The van der Waals surface area contributed by atoms with Crippen molar-refractivity contribution >= 4 is 24.0 Å². The molecule has 0 spiro atoms. The van der Waals surface area contributed by atoms with Crippen LogP contribution in [0.1, 0.15) is 18.4 Å². The summed E-state index contributed by atoms with van der Waals surface area (Å²) in [5.41, 5.74) is 1.76. The fraction of sp³-hybridized carbons (Fsp3) is 0.588. The Hall–Kier alpha value is -1.34. The third kappa shape index (κ3) is 5.08. The van der Waals surface area contributed by atoms with Gasteiger partial charge in [0.25, 0.3) is 5.91 Å². The molecule has 134 valence electrons. The second kappa shape index (κ2) is 9.22. The summed E-state index contributed by atoms with van der Waals surface area (Å²) in [5.74, 6) is 0.528. The van der Waals surface area contributed by atoms with Crippen molar-refractivity contribution < 1.29 is 19.0 Å². The van der Waals surface area contributed by atoms with Crippen LogP contribution >= 0.6 is 12.4 Å². The molecule has 0 bridgehead atoms. The Morgan fingerprint density at radius 3 is 2.96 bits per heavy atom. The molecule has 2 heterocycles. The van der Waals surface area contributed by atoms with Crippen LogP contribution in [0.4, 0.5) is 5.69 Å². The molecule has 2 fully saturated rings. The van der Waals surface area contributed by atoms with E-state index in [0.717, 1.165) is 31.6 Å². The monoisotopic (exact) mass is 356 g/mol. The van der Waals surface area contributed by atoms with E-state index in [2.05, 4.69) is 10.6 Å². The van der Waals surface area contributed by atoms with Crippen molar-refractivity contribution in [2.75, 3.05) is 38.2 Å². The van der Waals surface area contributed by atoms with Crippen molar-refractivity contribution in [1.82, 2.24) is 5.32 Å². The minimum absolute atomic E-state index is 0. The highest BCUT2D eigenvalue weighted by atomic mass is 35.5. The van der Waals surface area contributed by atoms with Gasteiger partial charge in [-0.05, 0) is 37.5 Å². The van der Waals surface area contributed by atoms with Gasteiger partial charge < -0.3 is 24.8 Å². The van der Waals surface area contributed by atoms with Gasteiger partial charge in [-0.2, -0.15) is 0 Å². The van der Waals surface area contributed by atoms with E-state index in [-0.39, 0.29) is 24.4 Å². The number of morpholine rings is 1. The average Bonchev–Trinajstić information content (AvgIpc) is 3.09. The Morgan fingerprint density at radius 2 is 2.25 bits per heavy atom. The highest BCUT2D eigenvalue weighted by molar-refractivity contribution is 5.95. The minimum Gasteiger partial charge on any atom is -0.489 e. The van der Waals surface area contributed by atoms with Crippen LogP contribution in [0.3, 0.4) is 0 Å². The zero-order valence-corrected chi connectivity index (χ0v) is 14.7. The fourth-order valence-electron chi connectivity index (χ4n) is 2.76. The SMILES string of the molecule is Cc1ccc(NC(=O)C2CNCCO2)c(OCC2CCCO2)c1.Cl. The zero-order valence-electron chi connectivity index (χ0n) is 13.9. The topological polar surface area (TPSA) is 68.8 Å².